The van der Waals surface area contributed by atoms with Crippen LogP contribution in [0.25, 0.3) is 0 Å². The second kappa shape index (κ2) is 3.86. The van der Waals surface area contributed by atoms with Crippen molar-refractivity contribution in [2.24, 2.45) is 5.73 Å². The first-order valence-corrected chi connectivity index (χ1v) is 4.57. The molecule has 78 valence electrons. The molecule has 0 spiro atoms. The number of nitrogens with two attached hydrogens (primary N) is 1. The van der Waals surface area contributed by atoms with Gasteiger partial charge in [-0.1, -0.05) is 0 Å². The SMILES string of the molecule is Cc1nc([C@H](N)C(F)(F)F)ccc1Br. The summed E-state index contributed by atoms with van der Waals surface area (Å²) in [6.45, 7) is 1.61. The van der Waals surface area contributed by atoms with Gasteiger partial charge in [-0.2, -0.15) is 13.2 Å². The molecule has 1 rings (SSSR count). The standard InChI is InChI=1S/C8H8BrF3N2/c1-4-5(9)2-3-6(14-4)7(13)8(10,11)12/h2-3,7H,13H2,1H3/t7-/m0/s1. The maximum absolute atomic E-state index is 12.2. The van der Waals surface area contributed by atoms with Gasteiger partial charge >= 0.3 is 6.18 Å². The number of halogens is 4. The zero-order valence-electron chi connectivity index (χ0n) is 7.27. The lowest BCUT2D eigenvalue weighted by atomic mass is 10.2. The maximum Gasteiger partial charge on any atom is 0.409 e. The van der Waals surface area contributed by atoms with E-state index in [-0.39, 0.29) is 5.69 Å². The molecule has 0 saturated carbocycles. The lowest BCUT2D eigenvalue weighted by molar-refractivity contribution is -0.150. The molecule has 0 bridgehead atoms. The molecular weight excluding hydrogens is 261 g/mol. The summed E-state index contributed by atoms with van der Waals surface area (Å²) in [5.74, 6) is 0. The highest BCUT2D eigenvalue weighted by atomic mass is 79.9. The molecule has 1 heterocycles. The normalized spacial score (nSPS) is 14.1. The van der Waals surface area contributed by atoms with Gasteiger partial charge in [0.1, 0.15) is 6.04 Å². The quantitative estimate of drug-likeness (QED) is 0.851. The highest BCUT2D eigenvalue weighted by Gasteiger charge is 2.38. The van der Waals surface area contributed by atoms with Crippen molar-refractivity contribution in [3.8, 4) is 0 Å². The monoisotopic (exact) mass is 268 g/mol. The first-order valence-electron chi connectivity index (χ1n) is 3.77. The van der Waals surface area contributed by atoms with Crippen molar-refractivity contribution in [3.63, 3.8) is 0 Å². The number of hydrogen-bond acceptors (Lipinski definition) is 2. The Morgan fingerprint density at radius 3 is 2.43 bits per heavy atom. The highest BCUT2D eigenvalue weighted by Crippen LogP contribution is 2.30. The minimum absolute atomic E-state index is 0.168. The second-order valence-electron chi connectivity index (χ2n) is 2.82. The number of hydrogen-bond donors (Lipinski definition) is 1. The Morgan fingerprint density at radius 2 is 2.00 bits per heavy atom. The molecule has 0 radical (unpaired) electrons. The van der Waals surface area contributed by atoms with Crippen LogP contribution in [0.1, 0.15) is 17.4 Å². The summed E-state index contributed by atoms with van der Waals surface area (Å²) in [6.07, 6.45) is -4.45. The maximum atomic E-state index is 12.2. The van der Waals surface area contributed by atoms with E-state index in [1.54, 1.807) is 6.92 Å². The number of nitrogens with zero attached hydrogens (tertiary/aromatic N) is 1. The Balaban J connectivity index is 3.03. The van der Waals surface area contributed by atoms with Crippen molar-refractivity contribution >= 4 is 15.9 Å². The fraction of sp³-hybridized carbons (Fsp3) is 0.375. The molecule has 0 unspecified atom stereocenters. The van der Waals surface area contributed by atoms with Crippen LogP contribution in [-0.4, -0.2) is 11.2 Å². The molecule has 2 nitrogen and oxygen atoms in total. The van der Waals surface area contributed by atoms with E-state index in [2.05, 4.69) is 20.9 Å². The van der Waals surface area contributed by atoms with E-state index in [9.17, 15) is 13.2 Å². The van der Waals surface area contributed by atoms with Crippen LogP contribution >= 0.6 is 15.9 Å². The van der Waals surface area contributed by atoms with Crippen molar-refractivity contribution < 1.29 is 13.2 Å². The zero-order chi connectivity index (χ0) is 10.9. The van der Waals surface area contributed by atoms with Crippen LogP contribution in [-0.2, 0) is 0 Å². The van der Waals surface area contributed by atoms with Crippen molar-refractivity contribution in [3.05, 3.63) is 28.0 Å². The van der Waals surface area contributed by atoms with Gasteiger partial charge in [-0.3, -0.25) is 4.98 Å². The van der Waals surface area contributed by atoms with Gasteiger partial charge in [-0.05, 0) is 35.0 Å². The van der Waals surface area contributed by atoms with Crippen LogP contribution in [0.3, 0.4) is 0 Å². The van der Waals surface area contributed by atoms with Gasteiger partial charge in [0.25, 0.3) is 0 Å². The summed E-state index contributed by atoms with van der Waals surface area (Å²) < 4.78 is 37.2. The van der Waals surface area contributed by atoms with E-state index in [0.29, 0.717) is 10.2 Å². The molecule has 0 aromatic carbocycles. The zero-order valence-corrected chi connectivity index (χ0v) is 8.85. The fourth-order valence-electron chi connectivity index (χ4n) is 0.904. The van der Waals surface area contributed by atoms with E-state index in [1.165, 1.54) is 12.1 Å². The fourth-order valence-corrected chi connectivity index (χ4v) is 1.13. The molecule has 0 fully saturated rings. The Morgan fingerprint density at radius 1 is 1.43 bits per heavy atom. The summed E-state index contributed by atoms with van der Waals surface area (Å²) in [5.41, 5.74) is 5.31. The van der Waals surface area contributed by atoms with Crippen molar-refractivity contribution in [1.82, 2.24) is 4.98 Å². The summed E-state index contributed by atoms with van der Waals surface area (Å²) in [6, 6.07) is 0.743. The van der Waals surface area contributed by atoms with Crippen molar-refractivity contribution in [2.75, 3.05) is 0 Å². The number of rotatable bonds is 1. The Labute approximate surface area is 87.4 Å². The van der Waals surface area contributed by atoms with Crippen LogP contribution in [0.4, 0.5) is 13.2 Å². The number of pyridine rings is 1. The Hall–Kier alpha value is -0.620. The largest absolute Gasteiger partial charge is 0.409 e. The van der Waals surface area contributed by atoms with Gasteiger partial charge in [-0.15, -0.1) is 0 Å². The average Bonchev–Trinajstić information content (AvgIpc) is 2.07. The van der Waals surface area contributed by atoms with E-state index >= 15 is 0 Å². The third kappa shape index (κ3) is 2.45. The number of aryl methyl sites for hydroxylation is 1. The second-order valence-corrected chi connectivity index (χ2v) is 3.68. The number of aromatic nitrogens is 1. The van der Waals surface area contributed by atoms with Crippen LogP contribution in [0, 0.1) is 6.92 Å². The van der Waals surface area contributed by atoms with E-state index in [4.69, 9.17) is 5.73 Å². The molecular formula is C8H8BrF3N2. The first-order chi connectivity index (χ1) is 6.32. The highest BCUT2D eigenvalue weighted by molar-refractivity contribution is 9.10. The van der Waals surface area contributed by atoms with Crippen LogP contribution in [0.15, 0.2) is 16.6 Å². The van der Waals surface area contributed by atoms with Gasteiger partial charge in [0.05, 0.1) is 11.4 Å². The van der Waals surface area contributed by atoms with E-state index in [0.717, 1.165) is 0 Å². The minimum atomic E-state index is -4.45. The predicted octanol–water partition coefficient (Wildman–Crippen LogP) is 2.71. The predicted molar refractivity (Wildman–Crippen MR) is 49.7 cm³/mol. The lowest BCUT2D eigenvalue weighted by Crippen LogP contribution is -2.29. The van der Waals surface area contributed by atoms with Gasteiger partial charge in [0.2, 0.25) is 0 Å². The summed E-state index contributed by atoms with van der Waals surface area (Å²) in [4.78, 5) is 3.75. The molecule has 14 heavy (non-hydrogen) atoms. The van der Waals surface area contributed by atoms with Gasteiger partial charge in [0, 0.05) is 4.47 Å². The Kier molecular flexibility index (Phi) is 3.16. The van der Waals surface area contributed by atoms with E-state index in [1.807, 2.05) is 0 Å². The first kappa shape index (κ1) is 11.5. The summed E-state index contributed by atoms with van der Waals surface area (Å²) in [7, 11) is 0. The minimum Gasteiger partial charge on any atom is -0.315 e. The average molecular weight is 269 g/mol. The molecule has 1 atom stereocenters. The smallest absolute Gasteiger partial charge is 0.315 e. The number of alkyl halides is 3. The van der Waals surface area contributed by atoms with Gasteiger partial charge < -0.3 is 5.73 Å². The molecule has 6 heteroatoms. The topological polar surface area (TPSA) is 38.9 Å². The molecule has 0 aliphatic rings. The van der Waals surface area contributed by atoms with Crippen LogP contribution < -0.4 is 5.73 Å². The van der Waals surface area contributed by atoms with Crippen LogP contribution in [0.5, 0.6) is 0 Å². The third-order valence-corrected chi connectivity index (χ3v) is 2.55. The summed E-state index contributed by atoms with van der Waals surface area (Å²) in [5, 5.41) is 0. The third-order valence-electron chi connectivity index (χ3n) is 1.71. The molecule has 1 aromatic rings. The van der Waals surface area contributed by atoms with Crippen molar-refractivity contribution in [2.45, 2.75) is 19.1 Å². The molecule has 0 saturated heterocycles. The molecule has 0 aliphatic carbocycles. The van der Waals surface area contributed by atoms with E-state index < -0.39 is 12.2 Å². The lowest BCUT2D eigenvalue weighted by Gasteiger charge is -2.15. The summed E-state index contributed by atoms with van der Waals surface area (Å²) >= 11 is 3.14. The van der Waals surface area contributed by atoms with Crippen LogP contribution in [0.2, 0.25) is 0 Å². The molecule has 0 amide bonds. The molecule has 2 N–H and O–H groups in total. The van der Waals surface area contributed by atoms with Gasteiger partial charge in [-0.25, -0.2) is 0 Å². The van der Waals surface area contributed by atoms with Crippen molar-refractivity contribution in [1.29, 1.82) is 0 Å². The molecule has 1 aromatic heterocycles. The molecule has 0 aliphatic heterocycles. The Bertz CT molecular complexity index is 338. The van der Waals surface area contributed by atoms with Gasteiger partial charge in [0.15, 0.2) is 0 Å².